The Labute approximate surface area is 83.8 Å². The molecular weight excluding hydrogens is 176 g/mol. The van der Waals surface area contributed by atoms with Crippen molar-refractivity contribution in [1.29, 1.82) is 5.26 Å². The van der Waals surface area contributed by atoms with E-state index < -0.39 is 0 Å². The van der Waals surface area contributed by atoms with Gasteiger partial charge in [0, 0.05) is 5.41 Å². The number of aryl methyl sites for hydroxylation is 1. The Kier molecular flexibility index (Phi) is 2.43. The van der Waals surface area contributed by atoms with Crippen LogP contribution in [-0.4, -0.2) is 9.97 Å². The fourth-order valence-electron chi connectivity index (χ4n) is 1.07. The molecule has 1 heterocycles. The second-order valence-corrected chi connectivity index (χ2v) is 4.25. The molecule has 0 aliphatic heterocycles. The first-order valence-electron chi connectivity index (χ1n) is 4.41. The van der Waals surface area contributed by atoms with Gasteiger partial charge in [-0.15, -0.1) is 0 Å². The molecule has 0 unspecified atom stereocenters. The van der Waals surface area contributed by atoms with Crippen molar-refractivity contribution < 1.29 is 0 Å². The van der Waals surface area contributed by atoms with Crippen LogP contribution in [0, 0.1) is 18.3 Å². The standard InChI is InChI=1S/C10H14N4/c1-6-7(5-11)8(12)14-9(13-6)10(2,3)4/h1-4H3,(H2,12,13,14). The van der Waals surface area contributed by atoms with Gasteiger partial charge in [-0.2, -0.15) is 5.26 Å². The molecule has 0 radical (unpaired) electrons. The molecule has 0 spiro atoms. The van der Waals surface area contributed by atoms with E-state index in [-0.39, 0.29) is 11.2 Å². The van der Waals surface area contributed by atoms with E-state index >= 15 is 0 Å². The van der Waals surface area contributed by atoms with E-state index in [4.69, 9.17) is 11.0 Å². The molecule has 1 aromatic heterocycles. The minimum atomic E-state index is -0.146. The molecule has 74 valence electrons. The molecule has 1 aromatic rings. The topological polar surface area (TPSA) is 75.6 Å². The summed E-state index contributed by atoms with van der Waals surface area (Å²) in [5, 5.41) is 8.78. The van der Waals surface area contributed by atoms with Crippen LogP contribution in [0.1, 0.15) is 37.9 Å². The first-order valence-corrected chi connectivity index (χ1v) is 4.41. The first kappa shape index (κ1) is 10.5. The van der Waals surface area contributed by atoms with Crippen molar-refractivity contribution in [2.45, 2.75) is 33.1 Å². The highest BCUT2D eigenvalue weighted by Gasteiger charge is 2.19. The molecule has 0 saturated heterocycles. The van der Waals surface area contributed by atoms with Crippen LogP contribution < -0.4 is 5.73 Å². The molecule has 4 nitrogen and oxygen atoms in total. The van der Waals surface area contributed by atoms with Crippen molar-refractivity contribution in [1.82, 2.24) is 9.97 Å². The summed E-state index contributed by atoms with van der Waals surface area (Å²) in [7, 11) is 0. The fourth-order valence-corrected chi connectivity index (χ4v) is 1.07. The maximum Gasteiger partial charge on any atom is 0.145 e. The van der Waals surface area contributed by atoms with Gasteiger partial charge in [0.2, 0.25) is 0 Å². The van der Waals surface area contributed by atoms with Crippen LogP contribution in [0.25, 0.3) is 0 Å². The van der Waals surface area contributed by atoms with Crippen LogP contribution in [0.15, 0.2) is 0 Å². The molecule has 0 aliphatic rings. The van der Waals surface area contributed by atoms with Gasteiger partial charge in [0.05, 0.1) is 5.69 Å². The molecule has 2 N–H and O–H groups in total. The summed E-state index contributed by atoms with van der Waals surface area (Å²) in [6.07, 6.45) is 0. The van der Waals surface area contributed by atoms with Crippen molar-refractivity contribution in [3.8, 4) is 6.07 Å². The van der Waals surface area contributed by atoms with Gasteiger partial charge in [0.25, 0.3) is 0 Å². The van der Waals surface area contributed by atoms with Crippen LogP contribution in [-0.2, 0) is 5.41 Å². The Morgan fingerprint density at radius 2 is 1.86 bits per heavy atom. The van der Waals surface area contributed by atoms with E-state index in [0.717, 1.165) is 0 Å². The summed E-state index contributed by atoms with van der Waals surface area (Å²) in [6, 6.07) is 1.99. The number of anilines is 1. The highest BCUT2D eigenvalue weighted by atomic mass is 15.0. The third-order valence-electron chi connectivity index (χ3n) is 1.90. The second-order valence-electron chi connectivity index (χ2n) is 4.25. The largest absolute Gasteiger partial charge is 0.382 e. The Morgan fingerprint density at radius 3 is 2.21 bits per heavy atom. The lowest BCUT2D eigenvalue weighted by molar-refractivity contribution is 0.544. The third kappa shape index (κ3) is 1.82. The van der Waals surface area contributed by atoms with Gasteiger partial charge in [-0.05, 0) is 6.92 Å². The van der Waals surface area contributed by atoms with E-state index in [9.17, 15) is 0 Å². The number of nitrogens with two attached hydrogens (primary N) is 1. The molecule has 0 saturated carbocycles. The van der Waals surface area contributed by atoms with Crippen LogP contribution >= 0.6 is 0 Å². The van der Waals surface area contributed by atoms with Crippen molar-refractivity contribution in [2.75, 3.05) is 5.73 Å². The summed E-state index contributed by atoms with van der Waals surface area (Å²) >= 11 is 0. The summed E-state index contributed by atoms with van der Waals surface area (Å²) in [5.41, 5.74) is 6.53. The Morgan fingerprint density at radius 1 is 1.29 bits per heavy atom. The van der Waals surface area contributed by atoms with E-state index in [1.54, 1.807) is 6.92 Å². The Bertz CT molecular complexity index is 373. The van der Waals surface area contributed by atoms with Crippen molar-refractivity contribution in [3.05, 3.63) is 17.1 Å². The van der Waals surface area contributed by atoms with Gasteiger partial charge >= 0.3 is 0 Å². The monoisotopic (exact) mass is 190 g/mol. The zero-order valence-electron chi connectivity index (χ0n) is 8.92. The summed E-state index contributed by atoms with van der Waals surface area (Å²) in [4.78, 5) is 8.38. The normalized spacial score (nSPS) is 11.1. The predicted octanol–water partition coefficient (Wildman–Crippen LogP) is 1.54. The molecule has 0 bridgehead atoms. The molecule has 0 amide bonds. The molecule has 1 rings (SSSR count). The lowest BCUT2D eigenvalue weighted by atomic mass is 9.95. The zero-order valence-corrected chi connectivity index (χ0v) is 8.92. The molecule has 14 heavy (non-hydrogen) atoms. The number of nitrogen functional groups attached to an aromatic ring is 1. The van der Waals surface area contributed by atoms with Crippen molar-refractivity contribution >= 4 is 5.82 Å². The SMILES string of the molecule is Cc1nc(C(C)(C)C)nc(N)c1C#N. The van der Waals surface area contributed by atoms with Crippen LogP contribution in [0.3, 0.4) is 0 Å². The minimum Gasteiger partial charge on any atom is -0.382 e. The number of nitrogens with zero attached hydrogens (tertiary/aromatic N) is 3. The van der Waals surface area contributed by atoms with Gasteiger partial charge in [0.15, 0.2) is 0 Å². The maximum absolute atomic E-state index is 8.78. The average molecular weight is 190 g/mol. The maximum atomic E-state index is 8.78. The van der Waals surface area contributed by atoms with Gasteiger partial charge in [-0.25, -0.2) is 9.97 Å². The van der Waals surface area contributed by atoms with Gasteiger partial charge in [0.1, 0.15) is 23.3 Å². The van der Waals surface area contributed by atoms with Crippen molar-refractivity contribution in [2.24, 2.45) is 0 Å². The van der Waals surface area contributed by atoms with Gasteiger partial charge in [-0.1, -0.05) is 20.8 Å². The van der Waals surface area contributed by atoms with Gasteiger partial charge < -0.3 is 5.73 Å². The molecule has 0 aliphatic carbocycles. The number of aromatic nitrogens is 2. The van der Waals surface area contributed by atoms with Crippen LogP contribution in [0.4, 0.5) is 5.82 Å². The van der Waals surface area contributed by atoms with Crippen molar-refractivity contribution in [3.63, 3.8) is 0 Å². The molecule has 4 heteroatoms. The lowest BCUT2D eigenvalue weighted by Gasteiger charge is -2.17. The summed E-state index contributed by atoms with van der Waals surface area (Å²) in [6.45, 7) is 7.79. The number of hydrogen-bond donors (Lipinski definition) is 1. The number of rotatable bonds is 0. The van der Waals surface area contributed by atoms with E-state index in [0.29, 0.717) is 17.1 Å². The quantitative estimate of drug-likeness (QED) is 0.673. The smallest absolute Gasteiger partial charge is 0.145 e. The number of hydrogen-bond acceptors (Lipinski definition) is 4. The van der Waals surface area contributed by atoms with Crippen LogP contribution in [0.2, 0.25) is 0 Å². The molecule has 0 aromatic carbocycles. The first-order chi connectivity index (χ1) is 6.36. The van der Waals surface area contributed by atoms with E-state index in [1.807, 2.05) is 26.8 Å². The lowest BCUT2D eigenvalue weighted by Crippen LogP contribution is -2.18. The highest BCUT2D eigenvalue weighted by Crippen LogP contribution is 2.21. The second kappa shape index (κ2) is 3.26. The molecular formula is C10H14N4. The minimum absolute atomic E-state index is 0.146. The summed E-state index contributed by atoms with van der Waals surface area (Å²) < 4.78 is 0. The Hall–Kier alpha value is -1.63. The average Bonchev–Trinajstić information content (AvgIpc) is 2.01. The summed E-state index contributed by atoms with van der Waals surface area (Å²) in [5.74, 6) is 0.941. The van der Waals surface area contributed by atoms with E-state index in [2.05, 4.69) is 9.97 Å². The molecule has 0 fully saturated rings. The van der Waals surface area contributed by atoms with Gasteiger partial charge in [-0.3, -0.25) is 0 Å². The fraction of sp³-hybridized carbons (Fsp3) is 0.500. The number of nitriles is 1. The highest BCUT2D eigenvalue weighted by molar-refractivity contribution is 5.50. The van der Waals surface area contributed by atoms with E-state index in [1.165, 1.54) is 0 Å². The predicted molar refractivity (Wildman–Crippen MR) is 54.6 cm³/mol. The zero-order chi connectivity index (χ0) is 10.9. The van der Waals surface area contributed by atoms with Crippen LogP contribution in [0.5, 0.6) is 0 Å². The molecule has 0 atom stereocenters. The third-order valence-corrected chi connectivity index (χ3v) is 1.90. The Balaban J connectivity index is 3.37.